The van der Waals surface area contributed by atoms with Crippen LogP contribution in [0.5, 0.6) is 5.75 Å². The predicted octanol–water partition coefficient (Wildman–Crippen LogP) is 3.00. The average Bonchev–Trinajstić information content (AvgIpc) is 3.23. The quantitative estimate of drug-likeness (QED) is 0.520. The molecule has 3 rings (SSSR count). The Kier molecular flexibility index (Phi) is 7.40. The van der Waals surface area contributed by atoms with Crippen LogP contribution in [-0.4, -0.2) is 28.2 Å². The Balaban J connectivity index is 1.37. The summed E-state index contributed by atoms with van der Waals surface area (Å²) < 4.78 is 7.14. The van der Waals surface area contributed by atoms with E-state index in [1.807, 2.05) is 54.6 Å². The molecular formula is C22H24N4O3. The van der Waals surface area contributed by atoms with Gasteiger partial charge in [-0.2, -0.15) is 5.10 Å². The van der Waals surface area contributed by atoms with Crippen LogP contribution < -0.4 is 15.4 Å². The van der Waals surface area contributed by atoms with E-state index in [9.17, 15) is 9.59 Å². The van der Waals surface area contributed by atoms with E-state index in [0.29, 0.717) is 31.7 Å². The van der Waals surface area contributed by atoms with Gasteiger partial charge in [0.25, 0.3) is 0 Å². The molecule has 3 aromatic rings. The van der Waals surface area contributed by atoms with E-state index in [-0.39, 0.29) is 18.4 Å². The van der Waals surface area contributed by atoms with Gasteiger partial charge in [0.2, 0.25) is 11.8 Å². The standard InChI is InChI=1S/C22H24N4O3/c27-21(11-5-14-29-20-9-2-1-3-10-20)23-16-18-7-4-8-19(15-18)25-22(28)17-26-13-6-12-24-26/h1-4,6-10,12-13,15H,5,11,14,16-17H2,(H,23,27)(H,25,28). The van der Waals surface area contributed by atoms with E-state index in [4.69, 9.17) is 4.74 Å². The highest BCUT2D eigenvalue weighted by molar-refractivity contribution is 5.90. The molecule has 2 aromatic carbocycles. The maximum atomic E-state index is 12.1. The van der Waals surface area contributed by atoms with Crippen molar-refractivity contribution in [1.29, 1.82) is 0 Å². The first-order chi connectivity index (χ1) is 14.2. The van der Waals surface area contributed by atoms with Crippen molar-refractivity contribution in [3.05, 3.63) is 78.6 Å². The van der Waals surface area contributed by atoms with Crippen LogP contribution in [0.4, 0.5) is 5.69 Å². The maximum absolute atomic E-state index is 12.1. The molecule has 0 aliphatic rings. The van der Waals surface area contributed by atoms with Gasteiger partial charge in [0, 0.05) is 31.0 Å². The van der Waals surface area contributed by atoms with Crippen molar-refractivity contribution in [2.45, 2.75) is 25.9 Å². The molecule has 0 aliphatic heterocycles. The van der Waals surface area contributed by atoms with Crippen molar-refractivity contribution in [3.8, 4) is 5.75 Å². The second-order valence-corrected chi connectivity index (χ2v) is 6.49. The molecule has 1 heterocycles. The minimum absolute atomic E-state index is 0.0326. The molecule has 150 valence electrons. The van der Waals surface area contributed by atoms with Gasteiger partial charge in [0.15, 0.2) is 0 Å². The second-order valence-electron chi connectivity index (χ2n) is 6.49. The molecule has 0 fully saturated rings. The Morgan fingerprint density at radius 2 is 1.86 bits per heavy atom. The first-order valence-electron chi connectivity index (χ1n) is 9.50. The zero-order valence-electron chi connectivity index (χ0n) is 16.1. The number of aromatic nitrogens is 2. The van der Waals surface area contributed by atoms with Gasteiger partial charge in [-0.15, -0.1) is 0 Å². The highest BCUT2D eigenvalue weighted by Crippen LogP contribution is 2.11. The lowest BCUT2D eigenvalue weighted by atomic mass is 10.2. The number of nitrogens with zero attached hydrogens (tertiary/aromatic N) is 2. The van der Waals surface area contributed by atoms with E-state index >= 15 is 0 Å². The fourth-order valence-corrected chi connectivity index (χ4v) is 2.73. The fourth-order valence-electron chi connectivity index (χ4n) is 2.73. The van der Waals surface area contributed by atoms with E-state index < -0.39 is 0 Å². The van der Waals surface area contributed by atoms with Crippen molar-refractivity contribution < 1.29 is 14.3 Å². The number of carbonyl (C=O) groups excluding carboxylic acids is 2. The molecule has 0 radical (unpaired) electrons. The van der Waals surface area contributed by atoms with Gasteiger partial charge in [0.05, 0.1) is 6.61 Å². The first-order valence-corrected chi connectivity index (χ1v) is 9.50. The minimum Gasteiger partial charge on any atom is -0.494 e. The van der Waals surface area contributed by atoms with Crippen LogP contribution in [0.25, 0.3) is 0 Å². The Hall–Kier alpha value is -3.61. The van der Waals surface area contributed by atoms with Crippen LogP contribution in [-0.2, 0) is 22.7 Å². The number of anilines is 1. The summed E-state index contributed by atoms with van der Waals surface area (Å²) in [6.45, 7) is 1.05. The second kappa shape index (κ2) is 10.7. The molecular weight excluding hydrogens is 368 g/mol. The summed E-state index contributed by atoms with van der Waals surface area (Å²) in [5, 5.41) is 9.74. The Bertz CT molecular complexity index is 911. The predicted molar refractivity (Wildman–Crippen MR) is 110 cm³/mol. The van der Waals surface area contributed by atoms with Gasteiger partial charge in [-0.05, 0) is 42.3 Å². The van der Waals surface area contributed by atoms with Crippen molar-refractivity contribution in [2.75, 3.05) is 11.9 Å². The molecule has 0 bridgehead atoms. The Labute approximate surface area is 169 Å². The lowest BCUT2D eigenvalue weighted by Gasteiger charge is -2.09. The van der Waals surface area contributed by atoms with Crippen LogP contribution in [0.1, 0.15) is 18.4 Å². The number of amides is 2. The summed E-state index contributed by atoms with van der Waals surface area (Å²) in [5.41, 5.74) is 1.60. The number of hydrogen-bond acceptors (Lipinski definition) is 4. The molecule has 29 heavy (non-hydrogen) atoms. The average molecular weight is 392 g/mol. The third-order valence-electron chi connectivity index (χ3n) is 4.13. The number of hydrogen-bond donors (Lipinski definition) is 2. The van der Waals surface area contributed by atoms with Gasteiger partial charge < -0.3 is 15.4 Å². The largest absolute Gasteiger partial charge is 0.494 e. The molecule has 0 unspecified atom stereocenters. The highest BCUT2D eigenvalue weighted by atomic mass is 16.5. The third-order valence-corrected chi connectivity index (χ3v) is 4.13. The minimum atomic E-state index is -0.159. The number of para-hydroxylation sites is 1. The third kappa shape index (κ3) is 7.14. The normalized spacial score (nSPS) is 10.3. The van der Waals surface area contributed by atoms with Crippen LogP contribution in [0.15, 0.2) is 73.1 Å². The SMILES string of the molecule is O=C(CCCOc1ccccc1)NCc1cccc(NC(=O)Cn2cccn2)c1. The fraction of sp³-hybridized carbons (Fsp3) is 0.227. The van der Waals surface area contributed by atoms with Crippen molar-refractivity contribution >= 4 is 17.5 Å². The zero-order valence-corrected chi connectivity index (χ0v) is 16.1. The lowest BCUT2D eigenvalue weighted by Crippen LogP contribution is -2.23. The maximum Gasteiger partial charge on any atom is 0.246 e. The number of rotatable bonds is 10. The monoisotopic (exact) mass is 392 g/mol. The summed E-state index contributed by atoms with van der Waals surface area (Å²) in [4.78, 5) is 24.1. The smallest absolute Gasteiger partial charge is 0.246 e. The van der Waals surface area contributed by atoms with Gasteiger partial charge in [0.1, 0.15) is 12.3 Å². The first kappa shape index (κ1) is 20.1. The summed E-state index contributed by atoms with van der Waals surface area (Å²) in [6, 6.07) is 18.7. The van der Waals surface area contributed by atoms with E-state index in [1.54, 1.807) is 23.1 Å². The molecule has 1 aromatic heterocycles. The molecule has 0 saturated carbocycles. The molecule has 2 amide bonds. The van der Waals surface area contributed by atoms with Crippen LogP contribution >= 0.6 is 0 Å². The van der Waals surface area contributed by atoms with Crippen molar-refractivity contribution in [3.63, 3.8) is 0 Å². The summed E-state index contributed by atoms with van der Waals surface area (Å²) in [5.74, 6) is 0.613. The number of carbonyl (C=O) groups is 2. The zero-order chi connectivity index (χ0) is 20.3. The molecule has 0 atom stereocenters. The van der Waals surface area contributed by atoms with Gasteiger partial charge in [-0.25, -0.2) is 0 Å². The number of nitrogens with one attached hydrogen (secondary N) is 2. The number of benzene rings is 2. The highest BCUT2D eigenvalue weighted by Gasteiger charge is 2.06. The Morgan fingerprint density at radius 1 is 1.00 bits per heavy atom. The van der Waals surface area contributed by atoms with E-state index in [2.05, 4.69) is 15.7 Å². The molecule has 7 nitrogen and oxygen atoms in total. The molecule has 7 heteroatoms. The van der Waals surface area contributed by atoms with Crippen LogP contribution in [0, 0.1) is 0 Å². The lowest BCUT2D eigenvalue weighted by molar-refractivity contribution is -0.121. The Morgan fingerprint density at radius 3 is 2.66 bits per heavy atom. The summed E-state index contributed by atoms with van der Waals surface area (Å²) >= 11 is 0. The topological polar surface area (TPSA) is 85.3 Å². The number of ether oxygens (including phenoxy) is 1. The molecule has 0 aliphatic carbocycles. The summed E-state index contributed by atoms with van der Waals surface area (Å²) in [7, 11) is 0. The van der Waals surface area contributed by atoms with Crippen molar-refractivity contribution in [2.24, 2.45) is 0 Å². The van der Waals surface area contributed by atoms with E-state index in [0.717, 1.165) is 11.3 Å². The van der Waals surface area contributed by atoms with Gasteiger partial charge in [-0.1, -0.05) is 30.3 Å². The summed E-state index contributed by atoms with van der Waals surface area (Å²) in [6.07, 6.45) is 4.40. The van der Waals surface area contributed by atoms with Crippen molar-refractivity contribution in [1.82, 2.24) is 15.1 Å². The van der Waals surface area contributed by atoms with Crippen LogP contribution in [0.2, 0.25) is 0 Å². The van der Waals surface area contributed by atoms with Crippen LogP contribution in [0.3, 0.4) is 0 Å². The molecule has 2 N–H and O–H groups in total. The van der Waals surface area contributed by atoms with E-state index in [1.165, 1.54) is 0 Å². The van der Waals surface area contributed by atoms with Gasteiger partial charge in [-0.3, -0.25) is 14.3 Å². The molecule has 0 saturated heterocycles. The van der Waals surface area contributed by atoms with Gasteiger partial charge >= 0.3 is 0 Å². The molecule has 0 spiro atoms.